The lowest BCUT2D eigenvalue weighted by Crippen LogP contribution is -2.57. The Kier molecular flexibility index (Phi) is 8.56. The number of methoxy groups -OCH3 is 1. The molecule has 6 nitrogen and oxygen atoms in total. The Morgan fingerprint density at radius 1 is 1.18 bits per heavy atom. The monoisotopic (exact) mass is 393 g/mol. The first-order chi connectivity index (χ1) is 13.3. The highest BCUT2D eigenvalue weighted by Crippen LogP contribution is 2.29. The van der Waals surface area contributed by atoms with E-state index in [-0.39, 0.29) is 12.1 Å². The number of benzene rings is 1. The number of aliphatic hydroxyl groups excluding tert-OH is 1. The zero-order chi connectivity index (χ0) is 20.7. The van der Waals surface area contributed by atoms with E-state index in [0.29, 0.717) is 18.0 Å². The van der Waals surface area contributed by atoms with Crippen molar-refractivity contribution in [3.05, 3.63) is 23.8 Å². The molecule has 1 aliphatic rings. The summed E-state index contributed by atoms with van der Waals surface area (Å²) in [7, 11) is 3.84. The lowest BCUT2D eigenvalue weighted by molar-refractivity contribution is 0.0359. The molecule has 0 amide bonds. The highest BCUT2D eigenvalue weighted by molar-refractivity contribution is 5.43. The van der Waals surface area contributed by atoms with E-state index < -0.39 is 6.10 Å². The van der Waals surface area contributed by atoms with E-state index >= 15 is 0 Å². The van der Waals surface area contributed by atoms with E-state index in [1.807, 2.05) is 12.1 Å². The van der Waals surface area contributed by atoms with Crippen LogP contribution in [0.2, 0.25) is 0 Å². The molecule has 1 N–H and O–H groups in total. The van der Waals surface area contributed by atoms with Crippen LogP contribution in [0.4, 0.5) is 0 Å². The molecule has 0 radical (unpaired) electrons. The number of rotatable bonds is 10. The largest absolute Gasteiger partial charge is 0.493 e. The predicted octanol–water partition coefficient (Wildman–Crippen LogP) is 2.30. The van der Waals surface area contributed by atoms with Crippen LogP contribution in [0.25, 0.3) is 0 Å². The quantitative estimate of drug-likeness (QED) is 0.658. The second-order valence-corrected chi connectivity index (χ2v) is 8.38. The molecule has 0 saturated carbocycles. The third-order valence-corrected chi connectivity index (χ3v) is 5.82. The highest BCUT2D eigenvalue weighted by Gasteiger charge is 2.30. The number of hydrogen-bond donors (Lipinski definition) is 1. The van der Waals surface area contributed by atoms with Crippen molar-refractivity contribution in [3.8, 4) is 11.5 Å². The van der Waals surface area contributed by atoms with Crippen molar-refractivity contribution >= 4 is 0 Å². The molecule has 2 rings (SSSR count). The van der Waals surface area contributed by atoms with Gasteiger partial charge in [-0.15, -0.1) is 0 Å². The molecule has 0 bridgehead atoms. The van der Waals surface area contributed by atoms with Crippen LogP contribution in [0.1, 0.15) is 33.3 Å². The summed E-state index contributed by atoms with van der Waals surface area (Å²) in [5, 5.41) is 10.3. The number of likely N-dealkylation sites (N-methyl/N-ethyl adjacent to an activating group) is 2. The van der Waals surface area contributed by atoms with Crippen molar-refractivity contribution in [2.45, 2.75) is 45.9 Å². The van der Waals surface area contributed by atoms with Gasteiger partial charge >= 0.3 is 0 Å². The summed E-state index contributed by atoms with van der Waals surface area (Å²) in [5.41, 5.74) is 1.38. The molecule has 0 spiro atoms. The molecule has 160 valence electrons. The molecule has 6 heteroatoms. The Morgan fingerprint density at radius 2 is 1.89 bits per heavy atom. The Balaban J connectivity index is 1.99. The second kappa shape index (κ2) is 10.4. The minimum Gasteiger partial charge on any atom is -0.493 e. The van der Waals surface area contributed by atoms with E-state index in [1.165, 1.54) is 5.56 Å². The average molecular weight is 394 g/mol. The predicted molar refractivity (Wildman–Crippen MR) is 114 cm³/mol. The maximum Gasteiger partial charge on any atom is 0.161 e. The van der Waals surface area contributed by atoms with Crippen LogP contribution in [0, 0.1) is 0 Å². The van der Waals surface area contributed by atoms with Crippen molar-refractivity contribution in [1.82, 2.24) is 14.7 Å². The minimum atomic E-state index is -0.522. The highest BCUT2D eigenvalue weighted by atomic mass is 16.5. The minimum absolute atomic E-state index is 0.179. The lowest BCUT2D eigenvalue weighted by Gasteiger charge is -2.45. The van der Waals surface area contributed by atoms with Gasteiger partial charge < -0.3 is 19.5 Å². The molecule has 28 heavy (non-hydrogen) atoms. The first-order valence-corrected chi connectivity index (χ1v) is 10.4. The molecule has 1 aliphatic heterocycles. The van der Waals surface area contributed by atoms with Crippen LogP contribution in [-0.4, -0.2) is 91.5 Å². The van der Waals surface area contributed by atoms with Gasteiger partial charge in [0.05, 0.1) is 7.11 Å². The topological polar surface area (TPSA) is 48.4 Å². The SMILES string of the molecule is CCN(CC)C[C@@H](O)COc1cc(CN2CCN(C)C(C)(C)C2)ccc1OC. The zero-order valence-corrected chi connectivity index (χ0v) is 18.6. The number of nitrogens with zero attached hydrogens (tertiary/aromatic N) is 3. The van der Waals surface area contributed by atoms with Crippen LogP contribution >= 0.6 is 0 Å². The van der Waals surface area contributed by atoms with E-state index in [2.05, 4.69) is 55.5 Å². The molecule has 0 aliphatic carbocycles. The van der Waals surface area contributed by atoms with E-state index in [9.17, 15) is 5.11 Å². The van der Waals surface area contributed by atoms with Crippen molar-refractivity contribution in [2.24, 2.45) is 0 Å². The van der Waals surface area contributed by atoms with Crippen LogP contribution < -0.4 is 9.47 Å². The van der Waals surface area contributed by atoms with E-state index in [4.69, 9.17) is 9.47 Å². The van der Waals surface area contributed by atoms with Gasteiger partial charge in [0.25, 0.3) is 0 Å². The van der Waals surface area contributed by atoms with Crippen molar-refractivity contribution in [3.63, 3.8) is 0 Å². The standard InChI is InChI=1S/C22H39N3O3/c1-7-24(8-2)15-19(26)16-28-21-13-18(9-10-20(21)27-6)14-25-12-11-23(5)22(3,4)17-25/h9-10,13,19,26H,7-8,11-12,14-17H2,1-6H3/t19-/m1/s1. The Hall–Kier alpha value is -1.34. The first kappa shape index (κ1) is 22.9. The molecular weight excluding hydrogens is 354 g/mol. The molecule has 1 saturated heterocycles. The second-order valence-electron chi connectivity index (χ2n) is 8.38. The summed E-state index contributed by atoms with van der Waals surface area (Å²) in [6.07, 6.45) is -0.522. The Bertz CT molecular complexity index is 605. The molecule has 1 atom stereocenters. The number of aliphatic hydroxyl groups is 1. The first-order valence-electron chi connectivity index (χ1n) is 10.4. The summed E-state index contributed by atoms with van der Waals surface area (Å²) >= 11 is 0. The summed E-state index contributed by atoms with van der Waals surface area (Å²) in [6.45, 7) is 15.6. The number of ether oxygens (including phenoxy) is 2. The van der Waals surface area contributed by atoms with Crippen molar-refractivity contribution in [1.29, 1.82) is 0 Å². The molecule has 0 unspecified atom stereocenters. The summed E-state index contributed by atoms with van der Waals surface area (Å²) in [5.74, 6) is 1.41. The molecule has 0 aromatic heterocycles. The molecule has 1 aromatic rings. The molecule has 1 fully saturated rings. The molecular formula is C22H39N3O3. The van der Waals surface area contributed by atoms with E-state index in [1.54, 1.807) is 7.11 Å². The number of hydrogen-bond acceptors (Lipinski definition) is 6. The normalized spacial score (nSPS) is 19.0. The fourth-order valence-corrected chi connectivity index (χ4v) is 3.69. The summed E-state index contributed by atoms with van der Waals surface area (Å²) in [4.78, 5) is 7.10. The number of piperazine rings is 1. The third-order valence-electron chi connectivity index (χ3n) is 5.82. The van der Waals surface area contributed by atoms with Gasteiger partial charge in [-0.05, 0) is 51.7 Å². The average Bonchev–Trinajstić information content (AvgIpc) is 2.67. The van der Waals surface area contributed by atoms with Gasteiger partial charge in [-0.25, -0.2) is 0 Å². The van der Waals surface area contributed by atoms with Gasteiger partial charge in [0.2, 0.25) is 0 Å². The van der Waals surface area contributed by atoms with Crippen LogP contribution in [-0.2, 0) is 6.54 Å². The Morgan fingerprint density at radius 3 is 2.50 bits per heavy atom. The van der Waals surface area contributed by atoms with E-state index in [0.717, 1.165) is 39.3 Å². The summed E-state index contributed by atoms with van der Waals surface area (Å²) < 4.78 is 11.4. The van der Waals surface area contributed by atoms with Gasteiger partial charge in [-0.1, -0.05) is 19.9 Å². The van der Waals surface area contributed by atoms with Gasteiger partial charge in [-0.2, -0.15) is 0 Å². The fourth-order valence-electron chi connectivity index (χ4n) is 3.69. The van der Waals surface area contributed by atoms with Crippen molar-refractivity contribution < 1.29 is 14.6 Å². The Labute approximate surface area is 171 Å². The fraction of sp³-hybridized carbons (Fsp3) is 0.727. The summed E-state index contributed by atoms with van der Waals surface area (Å²) in [6, 6.07) is 6.11. The zero-order valence-electron chi connectivity index (χ0n) is 18.6. The molecule has 1 heterocycles. The van der Waals surface area contributed by atoms with Gasteiger partial charge in [0.1, 0.15) is 12.7 Å². The van der Waals surface area contributed by atoms with Gasteiger partial charge in [-0.3, -0.25) is 9.80 Å². The van der Waals surface area contributed by atoms with Crippen LogP contribution in [0.3, 0.4) is 0 Å². The third kappa shape index (κ3) is 6.34. The van der Waals surface area contributed by atoms with Crippen LogP contribution in [0.5, 0.6) is 11.5 Å². The van der Waals surface area contributed by atoms with Gasteiger partial charge in [0.15, 0.2) is 11.5 Å². The molecule has 1 aromatic carbocycles. The van der Waals surface area contributed by atoms with Crippen molar-refractivity contribution in [2.75, 3.05) is 60.0 Å². The maximum absolute atomic E-state index is 10.3. The van der Waals surface area contributed by atoms with Gasteiger partial charge in [0, 0.05) is 38.3 Å². The smallest absolute Gasteiger partial charge is 0.161 e. The maximum atomic E-state index is 10.3. The lowest BCUT2D eigenvalue weighted by atomic mass is 9.99. The van der Waals surface area contributed by atoms with Crippen LogP contribution in [0.15, 0.2) is 18.2 Å².